The number of hydrogen-bond acceptors (Lipinski definition) is 4. The largest absolute Gasteiger partial charge is 0.431 e. The maximum Gasteiger partial charge on any atom is 0.258 e. The molecule has 1 atom stereocenters. The van der Waals surface area contributed by atoms with Gasteiger partial charge in [-0.05, 0) is 30.3 Å². The summed E-state index contributed by atoms with van der Waals surface area (Å²) >= 11 is 19.1. The van der Waals surface area contributed by atoms with Gasteiger partial charge in [0.1, 0.15) is 10.9 Å². The monoisotopic (exact) mass is 408 g/mol. The summed E-state index contributed by atoms with van der Waals surface area (Å²) < 4.78 is 3.94. The molecule has 0 bridgehead atoms. The van der Waals surface area contributed by atoms with E-state index in [0.29, 0.717) is 22.7 Å². The fourth-order valence-corrected chi connectivity index (χ4v) is 3.49. The molecule has 2 rings (SSSR count). The zero-order chi connectivity index (χ0) is 17.6. The van der Waals surface area contributed by atoms with Crippen LogP contribution in [0.3, 0.4) is 0 Å². The number of unbranched alkanes of at least 4 members (excludes halogenated alkanes) is 3. The first-order valence-corrected chi connectivity index (χ1v) is 9.80. The van der Waals surface area contributed by atoms with Crippen LogP contribution in [0.1, 0.15) is 39.0 Å². The quantitative estimate of drug-likeness (QED) is 0.263. The third-order valence-electron chi connectivity index (χ3n) is 3.34. The molecule has 0 saturated carbocycles. The van der Waals surface area contributed by atoms with Crippen molar-refractivity contribution in [2.24, 2.45) is 0 Å². The number of thioether (sulfide) groups is 1. The van der Waals surface area contributed by atoms with Gasteiger partial charge in [-0.3, -0.25) is 4.79 Å². The normalized spacial score (nSPS) is 13.2. The van der Waals surface area contributed by atoms with Crippen LogP contribution in [0.4, 0.5) is 0 Å². The van der Waals surface area contributed by atoms with Gasteiger partial charge < -0.3 is 9.73 Å². The number of alkyl halides is 3. The number of aromatic nitrogens is 1. The SMILES string of the molecule is CCCCCCC(=O)N[C@@H](Sc1nc2ccccc2o1)C(Cl)(Cl)Cl. The third kappa shape index (κ3) is 6.03. The first-order valence-electron chi connectivity index (χ1n) is 7.78. The molecule has 0 aliphatic rings. The molecule has 0 spiro atoms. The van der Waals surface area contributed by atoms with E-state index in [1.54, 1.807) is 0 Å². The van der Waals surface area contributed by atoms with Crippen molar-refractivity contribution in [1.82, 2.24) is 10.3 Å². The van der Waals surface area contributed by atoms with Gasteiger partial charge in [0, 0.05) is 6.42 Å². The van der Waals surface area contributed by atoms with E-state index >= 15 is 0 Å². The molecular weight excluding hydrogens is 391 g/mol. The summed E-state index contributed by atoms with van der Waals surface area (Å²) in [6, 6.07) is 7.36. The minimum absolute atomic E-state index is 0.147. The highest BCUT2D eigenvalue weighted by Gasteiger charge is 2.36. The number of nitrogens with one attached hydrogen (secondary N) is 1. The van der Waals surface area contributed by atoms with Crippen LogP contribution >= 0.6 is 46.6 Å². The summed E-state index contributed by atoms with van der Waals surface area (Å²) in [4.78, 5) is 16.4. The van der Waals surface area contributed by atoms with Gasteiger partial charge in [0.15, 0.2) is 5.58 Å². The van der Waals surface area contributed by atoms with E-state index in [9.17, 15) is 4.79 Å². The highest BCUT2D eigenvalue weighted by atomic mass is 35.6. The van der Waals surface area contributed by atoms with E-state index in [1.807, 2.05) is 24.3 Å². The zero-order valence-corrected chi connectivity index (χ0v) is 16.3. The fourth-order valence-electron chi connectivity index (χ4n) is 2.11. The summed E-state index contributed by atoms with van der Waals surface area (Å²) in [7, 11) is 0. The van der Waals surface area contributed by atoms with E-state index in [0.717, 1.165) is 37.4 Å². The molecule has 0 unspecified atom stereocenters. The second kappa shape index (κ2) is 9.18. The summed E-state index contributed by atoms with van der Waals surface area (Å²) in [5, 5.41) is 2.32. The van der Waals surface area contributed by atoms with Crippen molar-refractivity contribution in [3.05, 3.63) is 24.3 Å². The van der Waals surface area contributed by atoms with Gasteiger partial charge in [0.25, 0.3) is 5.22 Å². The molecule has 1 heterocycles. The number of amides is 1. The van der Waals surface area contributed by atoms with Gasteiger partial charge in [-0.25, -0.2) is 4.98 Å². The lowest BCUT2D eigenvalue weighted by Gasteiger charge is -2.23. The Bertz CT molecular complexity index is 640. The van der Waals surface area contributed by atoms with Crippen molar-refractivity contribution in [1.29, 1.82) is 0 Å². The third-order valence-corrected chi connectivity index (χ3v) is 5.47. The van der Waals surface area contributed by atoms with Crippen LogP contribution in [0.15, 0.2) is 33.9 Å². The maximum absolute atomic E-state index is 12.1. The number of benzene rings is 1. The van der Waals surface area contributed by atoms with Gasteiger partial charge in [-0.15, -0.1) is 0 Å². The first-order chi connectivity index (χ1) is 11.4. The number of carbonyl (C=O) groups is 1. The lowest BCUT2D eigenvalue weighted by Crippen LogP contribution is -2.41. The predicted octanol–water partition coefficient (Wildman–Crippen LogP) is 5.70. The van der Waals surface area contributed by atoms with Crippen LogP contribution < -0.4 is 5.32 Å². The fraction of sp³-hybridized carbons (Fsp3) is 0.500. The van der Waals surface area contributed by atoms with Gasteiger partial charge in [0.05, 0.1) is 0 Å². The number of halogens is 3. The van der Waals surface area contributed by atoms with Crippen LogP contribution in [0, 0.1) is 0 Å². The van der Waals surface area contributed by atoms with Crippen molar-refractivity contribution >= 4 is 63.6 Å². The second-order valence-corrected chi connectivity index (χ2v) is 8.79. The van der Waals surface area contributed by atoms with E-state index in [4.69, 9.17) is 39.2 Å². The van der Waals surface area contributed by atoms with Crippen molar-refractivity contribution in [2.45, 2.75) is 53.4 Å². The smallest absolute Gasteiger partial charge is 0.258 e. The topological polar surface area (TPSA) is 55.1 Å². The lowest BCUT2D eigenvalue weighted by atomic mass is 10.1. The second-order valence-electron chi connectivity index (χ2n) is 5.37. The number of rotatable bonds is 8. The summed E-state index contributed by atoms with van der Waals surface area (Å²) in [6.07, 6.45) is 4.47. The Hall–Kier alpha value is -0.620. The summed E-state index contributed by atoms with van der Waals surface area (Å²) in [5.41, 5.74) is 1.36. The van der Waals surface area contributed by atoms with E-state index in [1.165, 1.54) is 0 Å². The van der Waals surface area contributed by atoms with E-state index in [-0.39, 0.29) is 5.91 Å². The molecule has 0 aliphatic heterocycles. The highest BCUT2D eigenvalue weighted by Crippen LogP contribution is 2.39. The lowest BCUT2D eigenvalue weighted by molar-refractivity contribution is -0.121. The molecule has 8 heteroatoms. The summed E-state index contributed by atoms with van der Waals surface area (Å²) in [5.74, 6) is -0.147. The molecule has 24 heavy (non-hydrogen) atoms. The molecule has 1 amide bonds. The predicted molar refractivity (Wildman–Crippen MR) is 101 cm³/mol. The Labute approximate surface area is 160 Å². The van der Waals surface area contributed by atoms with Crippen LogP contribution in [-0.4, -0.2) is 20.1 Å². The van der Waals surface area contributed by atoms with E-state index in [2.05, 4.69) is 17.2 Å². The van der Waals surface area contributed by atoms with Crippen LogP contribution in [0.25, 0.3) is 11.1 Å². The Morgan fingerprint density at radius 2 is 2.04 bits per heavy atom. The Morgan fingerprint density at radius 1 is 1.29 bits per heavy atom. The Kier molecular flexibility index (Phi) is 7.54. The number of carbonyl (C=O) groups excluding carboxylic acids is 1. The highest BCUT2D eigenvalue weighted by molar-refractivity contribution is 8.00. The molecule has 0 aliphatic carbocycles. The van der Waals surface area contributed by atoms with Crippen molar-refractivity contribution in [3.63, 3.8) is 0 Å². The molecule has 1 N–H and O–H groups in total. The standard InChI is InChI=1S/C16H19Cl3N2O2S/c1-2-3-4-5-10-13(22)21-14(16(17,18)19)24-15-20-11-8-6-7-9-12(11)23-15/h6-9,14H,2-5,10H2,1H3,(H,21,22)/t14-/m0/s1. The number of para-hydroxylation sites is 2. The van der Waals surface area contributed by atoms with Crippen LogP contribution in [0.5, 0.6) is 0 Å². The van der Waals surface area contributed by atoms with Crippen LogP contribution in [-0.2, 0) is 4.79 Å². The average molecular weight is 410 g/mol. The zero-order valence-electron chi connectivity index (χ0n) is 13.2. The molecule has 1 aromatic heterocycles. The van der Waals surface area contributed by atoms with Gasteiger partial charge >= 0.3 is 0 Å². The Balaban J connectivity index is 1.99. The minimum atomic E-state index is -1.68. The molecular formula is C16H19Cl3N2O2S. The van der Waals surface area contributed by atoms with Crippen LogP contribution in [0.2, 0.25) is 0 Å². The molecule has 4 nitrogen and oxygen atoms in total. The van der Waals surface area contributed by atoms with Gasteiger partial charge in [-0.1, -0.05) is 73.1 Å². The van der Waals surface area contributed by atoms with Gasteiger partial charge in [-0.2, -0.15) is 0 Å². The summed E-state index contributed by atoms with van der Waals surface area (Å²) in [6.45, 7) is 2.12. The Morgan fingerprint density at radius 3 is 2.71 bits per heavy atom. The molecule has 2 aromatic rings. The maximum atomic E-state index is 12.1. The molecule has 132 valence electrons. The number of oxazole rings is 1. The molecule has 0 radical (unpaired) electrons. The van der Waals surface area contributed by atoms with Crippen molar-refractivity contribution in [3.8, 4) is 0 Å². The number of fused-ring (bicyclic) bond motifs is 1. The average Bonchev–Trinajstić information content (AvgIpc) is 2.92. The van der Waals surface area contributed by atoms with Crippen molar-refractivity contribution in [2.75, 3.05) is 0 Å². The van der Waals surface area contributed by atoms with E-state index < -0.39 is 9.17 Å². The molecule has 0 saturated heterocycles. The number of hydrogen-bond donors (Lipinski definition) is 1. The number of nitrogens with zero attached hydrogens (tertiary/aromatic N) is 1. The van der Waals surface area contributed by atoms with Gasteiger partial charge in [0.2, 0.25) is 9.70 Å². The first kappa shape index (κ1) is 19.7. The van der Waals surface area contributed by atoms with Crippen molar-refractivity contribution < 1.29 is 9.21 Å². The molecule has 1 aromatic carbocycles. The minimum Gasteiger partial charge on any atom is -0.431 e. The molecule has 0 fully saturated rings.